The predicted octanol–water partition coefficient (Wildman–Crippen LogP) is 6.96. The van der Waals surface area contributed by atoms with Crippen LogP contribution in [-0.2, 0) is 0 Å². The Hall–Kier alpha value is -0.606. The zero-order valence-corrected chi connectivity index (χ0v) is 18.2. The van der Waals surface area contributed by atoms with E-state index >= 15 is 0 Å². The van der Waals surface area contributed by atoms with Gasteiger partial charge in [0.2, 0.25) is 0 Å². The maximum atomic E-state index is 2.72. The Balaban J connectivity index is 1.69. The molecule has 4 rings (SSSR count). The van der Waals surface area contributed by atoms with Crippen LogP contribution in [0.1, 0.15) is 64.2 Å². The molecule has 0 aromatic heterocycles. The first-order chi connectivity index (χ1) is 11.4. The molecular formula is C22H34Si2. The number of rotatable bonds is 3. The summed E-state index contributed by atoms with van der Waals surface area (Å²) >= 11 is 0. The highest BCUT2D eigenvalue weighted by atomic mass is 29.3. The van der Waals surface area contributed by atoms with E-state index in [0.29, 0.717) is 0 Å². The average molecular weight is 355 g/mol. The molecule has 0 radical (unpaired) electrons. The normalized spacial score (nSPS) is 24.8. The van der Waals surface area contributed by atoms with Gasteiger partial charge >= 0.3 is 0 Å². The molecule has 130 valence electrons. The van der Waals surface area contributed by atoms with Crippen LogP contribution in [0.15, 0.2) is 44.8 Å². The van der Waals surface area contributed by atoms with Gasteiger partial charge in [0.25, 0.3) is 0 Å². The van der Waals surface area contributed by atoms with Crippen LogP contribution < -0.4 is 0 Å². The number of allylic oxidation sites excluding steroid dienone is 8. The van der Waals surface area contributed by atoms with Gasteiger partial charge in [-0.3, -0.25) is 0 Å². The number of hydrogen-bond acceptors (Lipinski definition) is 0. The molecule has 0 aliphatic heterocycles. The second-order valence-corrected chi connectivity index (χ2v) is 24.5. The molecule has 0 atom stereocenters. The molecule has 0 nitrogen and oxygen atoms in total. The van der Waals surface area contributed by atoms with Gasteiger partial charge in [0, 0.05) is 0 Å². The monoisotopic (exact) mass is 354 g/mol. The fourth-order valence-corrected chi connectivity index (χ4v) is 15.9. The quantitative estimate of drug-likeness (QED) is 0.480. The Bertz CT molecular complexity index is 623. The molecule has 0 saturated carbocycles. The third-order valence-corrected chi connectivity index (χ3v) is 25.7. The molecule has 0 aromatic rings. The van der Waals surface area contributed by atoms with Crippen molar-refractivity contribution in [2.45, 2.75) is 90.4 Å². The molecule has 2 heteroatoms. The molecule has 0 spiro atoms. The van der Waals surface area contributed by atoms with E-state index in [1.165, 1.54) is 64.2 Å². The summed E-state index contributed by atoms with van der Waals surface area (Å²) in [6.07, 6.45) is 19.2. The lowest BCUT2D eigenvalue weighted by Crippen LogP contribution is -2.58. The van der Waals surface area contributed by atoms with E-state index in [-0.39, 0.29) is 0 Å². The molecule has 4 aliphatic rings. The fraction of sp³-hybridized carbons (Fsp3) is 0.636. The lowest BCUT2D eigenvalue weighted by molar-refractivity contribution is 0.679. The summed E-state index contributed by atoms with van der Waals surface area (Å²) in [5.41, 5.74) is 7.32. The topological polar surface area (TPSA) is 0 Å². The first-order valence-electron chi connectivity index (χ1n) is 10.3. The first-order valence-corrected chi connectivity index (χ1v) is 17.3. The van der Waals surface area contributed by atoms with Gasteiger partial charge < -0.3 is 0 Å². The van der Waals surface area contributed by atoms with E-state index in [1.54, 1.807) is 0 Å². The minimum atomic E-state index is -1.41. The van der Waals surface area contributed by atoms with E-state index in [9.17, 15) is 0 Å². The first kappa shape index (κ1) is 16.8. The molecule has 0 amide bonds. The van der Waals surface area contributed by atoms with Crippen molar-refractivity contribution in [1.29, 1.82) is 0 Å². The molecular weight excluding hydrogens is 320 g/mol. The number of hydrogen-bond donors (Lipinski definition) is 0. The summed E-state index contributed by atoms with van der Waals surface area (Å²) in [6, 6.07) is 0. The Morgan fingerprint density at radius 2 is 0.958 bits per heavy atom. The minimum absolute atomic E-state index is 1.29. The van der Waals surface area contributed by atoms with Crippen LogP contribution in [0.5, 0.6) is 0 Å². The third kappa shape index (κ3) is 2.44. The lowest BCUT2D eigenvalue weighted by atomic mass is 9.94. The van der Waals surface area contributed by atoms with Crippen molar-refractivity contribution in [1.82, 2.24) is 0 Å². The van der Waals surface area contributed by atoms with Crippen molar-refractivity contribution >= 4 is 15.2 Å². The van der Waals surface area contributed by atoms with Gasteiger partial charge in [0.05, 0.1) is 15.2 Å². The van der Waals surface area contributed by atoms with Gasteiger partial charge in [-0.15, -0.1) is 0 Å². The molecule has 0 aromatic carbocycles. The van der Waals surface area contributed by atoms with Crippen LogP contribution in [0.3, 0.4) is 0 Å². The van der Waals surface area contributed by atoms with E-state index in [4.69, 9.17) is 0 Å². The van der Waals surface area contributed by atoms with Crippen molar-refractivity contribution < 1.29 is 0 Å². The van der Waals surface area contributed by atoms with Crippen LogP contribution in [0, 0.1) is 0 Å². The highest BCUT2D eigenvalue weighted by molar-refractivity contribution is 7.46. The Morgan fingerprint density at radius 1 is 0.583 bits per heavy atom. The van der Waals surface area contributed by atoms with Crippen molar-refractivity contribution in [2.75, 3.05) is 0 Å². The molecule has 0 heterocycles. The van der Waals surface area contributed by atoms with Gasteiger partial charge in [0.1, 0.15) is 0 Å². The van der Waals surface area contributed by atoms with Crippen LogP contribution in [0.25, 0.3) is 0 Å². The molecule has 0 fully saturated rings. The van der Waals surface area contributed by atoms with Crippen molar-refractivity contribution in [3.8, 4) is 0 Å². The largest absolute Gasteiger partial charge is 0.0812 e. The maximum absolute atomic E-state index is 2.72. The summed E-state index contributed by atoms with van der Waals surface area (Å²) < 4.78 is 0. The highest BCUT2D eigenvalue weighted by Crippen LogP contribution is 2.48. The van der Waals surface area contributed by atoms with Crippen LogP contribution in [-0.4, -0.2) is 15.2 Å². The van der Waals surface area contributed by atoms with E-state index < -0.39 is 15.2 Å². The highest BCUT2D eigenvalue weighted by Gasteiger charge is 2.49. The van der Waals surface area contributed by atoms with Gasteiger partial charge in [-0.05, 0) is 75.4 Å². The van der Waals surface area contributed by atoms with Gasteiger partial charge in [-0.2, -0.15) is 0 Å². The average Bonchev–Trinajstić information content (AvgIpc) is 3.19. The van der Waals surface area contributed by atoms with E-state index in [0.717, 1.165) is 0 Å². The maximum Gasteiger partial charge on any atom is 0.0791 e. The Morgan fingerprint density at radius 3 is 1.38 bits per heavy atom. The summed E-state index contributed by atoms with van der Waals surface area (Å²) in [7, 11) is -2.82. The van der Waals surface area contributed by atoms with Gasteiger partial charge in [-0.1, -0.05) is 59.9 Å². The minimum Gasteiger partial charge on any atom is -0.0812 e. The smallest absolute Gasteiger partial charge is 0.0791 e. The SMILES string of the molecule is C[Si](C)(C1=CCC2=C1CCCC2)[Si](C)(C)C1=CCC2=C1CCCC2. The second-order valence-electron chi connectivity index (χ2n) is 9.47. The summed E-state index contributed by atoms with van der Waals surface area (Å²) in [6.45, 7) is 10.9. The van der Waals surface area contributed by atoms with E-state index in [1.807, 2.05) is 32.7 Å². The lowest BCUT2D eigenvalue weighted by Gasteiger charge is -2.43. The third-order valence-electron chi connectivity index (χ3n) is 7.83. The molecule has 0 bridgehead atoms. The van der Waals surface area contributed by atoms with Crippen molar-refractivity contribution in [3.05, 3.63) is 44.8 Å². The van der Waals surface area contributed by atoms with Crippen molar-refractivity contribution in [3.63, 3.8) is 0 Å². The van der Waals surface area contributed by atoms with Crippen LogP contribution in [0.2, 0.25) is 26.2 Å². The fourth-order valence-electron chi connectivity index (χ4n) is 5.67. The predicted molar refractivity (Wildman–Crippen MR) is 111 cm³/mol. The molecule has 0 saturated heterocycles. The summed E-state index contributed by atoms with van der Waals surface area (Å²) in [4.78, 5) is 0. The zero-order chi connectivity index (χ0) is 16.9. The molecule has 0 unspecified atom stereocenters. The second kappa shape index (κ2) is 5.98. The van der Waals surface area contributed by atoms with Crippen molar-refractivity contribution in [2.24, 2.45) is 0 Å². The van der Waals surface area contributed by atoms with Crippen LogP contribution in [0.4, 0.5) is 0 Å². The molecule has 24 heavy (non-hydrogen) atoms. The summed E-state index contributed by atoms with van der Waals surface area (Å²) in [5.74, 6) is 0. The van der Waals surface area contributed by atoms with Gasteiger partial charge in [-0.25, -0.2) is 0 Å². The van der Waals surface area contributed by atoms with E-state index in [2.05, 4.69) is 38.3 Å². The zero-order valence-electron chi connectivity index (χ0n) is 16.2. The molecule has 4 aliphatic carbocycles. The Kier molecular flexibility index (Phi) is 4.20. The van der Waals surface area contributed by atoms with Crippen LogP contribution >= 0.6 is 0 Å². The standard InChI is InChI=1S/C22H34Si2/c1-23(2,21-15-13-17-9-5-7-11-19(17)21)24(3,4)22-16-14-18-10-6-8-12-20(18)22/h15-16H,5-14H2,1-4H3. The summed E-state index contributed by atoms with van der Waals surface area (Å²) in [5, 5.41) is 3.78. The molecule has 0 N–H and O–H groups in total. The Labute approximate surface area is 150 Å². The van der Waals surface area contributed by atoms with Gasteiger partial charge in [0.15, 0.2) is 0 Å².